The molecule has 2 aromatic heterocycles. The molecule has 0 spiro atoms. The molecule has 3 aromatic rings. The third-order valence-electron chi connectivity index (χ3n) is 3.33. The van der Waals surface area contributed by atoms with Crippen LogP contribution in [-0.2, 0) is 0 Å². The highest BCUT2D eigenvalue weighted by molar-refractivity contribution is 7.18. The van der Waals surface area contributed by atoms with Crippen molar-refractivity contribution in [3.63, 3.8) is 0 Å². The lowest BCUT2D eigenvalue weighted by atomic mass is 10.1. The lowest BCUT2D eigenvalue weighted by Crippen LogP contribution is -2.24. The molecular formula is C16H15FN4OS. The molecular weight excluding hydrogens is 315 g/mol. The van der Waals surface area contributed by atoms with Gasteiger partial charge in [0, 0.05) is 19.8 Å². The normalized spacial score (nSPS) is 12.1. The van der Waals surface area contributed by atoms with Crippen LogP contribution in [0, 0.1) is 5.82 Å². The summed E-state index contributed by atoms with van der Waals surface area (Å²) in [5, 5.41) is 19.9. The van der Waals surface area contributed by atoms with Crippen molar-refractivity contribution in [3.05, 3.63) is 60.0 Å². The van der Waals surface area contributed by atoms with E-state index in [2.05, 4.69) is 15.2 Å². The molecule has 7 heteroatoms. The van der Waals surface area contributed by atoms with Gasteiger partial charge < -0.3 is 10.0 Å². The van der Waals surface area contributed by atoms with Crippen LogP contribution in [0.5, 0.6) is 0 Å². The number of hydrogen-bond donors (Lipinski definition) is 1. The summed E-state index contributed by atoms with van der Waals surface area (Å²) in [7, 11) is 1.83. The van der Waals surface area contributed by atoms with Crippen molar-refractivity contribution in [2.75, 3.05) is 18.5 Å². The van der Waals surface area contributed by atoms with Gasteiger partial charge in [0.1, 0.15) is 11.5 Å². The van der Waals surface area contributed by atoms with Crippen LogP contribution in [0.3, 0.4) is 0 Å². The van der Waals surface area contributed by atoms with Gasteiger partial charge in [0.05, 0.1) is 6.10 Å². The minimum absolute atomic E-state index is 0.321. The predicted octanol–water partition coefficient (Wildman–Crippen LogP) is 2.91. The predicted molar refractivity (Wildman–Crippen MR) is 87.8 cm³/mol. The maximum absolute atomic E-state index is 12.9. The highest BCUT2D eigenvalue weighted by Crippen LogP contribution is 2.27. The van der Waals surface area contributed by atoms with Gasteiger partial charge in [-0.1, -0.05) is 29.5 Å². The number of aromatic nitrogens is 3. The minimum Gasteiger partial charge on any atom is -0.387 e. The molecule has 0 aliphatic heterocycles. The fourth-order valence-corrected chi connectivity index (χ4v) is 2.88. The van der Waals surface area contributed by atoms with Crippen LogP contribution in [0.4, 0.5) is 9.52 Å². The van der Waals surface area contributed by atoms with Gasteiger partial charge in [-0.05, 0) is 29.8 Å². The smallest absolute Gasteiger partial charge is 0.208 e. The van der Waals surface area contributed by atoms with E-state index in [4.69, 9.17) is 0 Å². The van der Waals surface area contributed by atoms with Crippen molar-refractivity contribution >= 4 is 16.5 Å². The Hall–Kier alpha value is -2.38. The molecule has 0 saturated heterocycles. The fraction of sp³-hybridized carbons (Fsp3) is 0.188. The summed E-state index contributed by atoms with van der Waals surface area (Å²) in [5.41, 5.74) is 1.43. The molecule has 0 amide bonds. The Labute approximate surface area is 137 Å². The highest BCUT2D eigenvalue weighted by Gasteiger charge is 2.15. The average molecular weight is 330 g/mol. The molecule has 1 unspecified atom stereocenters. The molecule has 1 N–H and O–H groups in total. The molecule has 1 aromatic carbocycles. The van der Waals surface area contributed by atoms with E-state index in [9.17, 15) is 9.50 Å². The topological polar surface area (TPSA) is 62.1 Å². The molecule has 1 atom stereocenters. The van der Waals surface area contributed by atoms with E-state index in [0.29, 0.717) is 17.2 Å². The standard InChI is InChI=1S/C16H15FN4OS/c1-21(10-14(22)11-5-7-12(17)8-6-11)16-20-19-15(23-16)13-4-2-3-9-18-13/h2-9,14,22H,10H2,1H3. The zero-order valence-corrected chi connectivity index (χ0v) is 13.2. The number of hydrogen-bond acceptors (Lipinski definition) is 6. The summed E-state index contributed by atoms with van der Waals surface area (Å²) in [4.78, 5) is 6.06. The highest BCUT2D eigenvalue weighted by atomic mass is 32.1. The summed E-state index contributed by atoms with van der Waals surface area (Å²) < 4.78 is 12.9. The molecule has 3 rings (SSSR count). The monoisotopic (exact) mass is 330 g/mol. The van der Waals surface area contributed by atoms with Gasteiger partial charge >= 0.3 is 0 Å². The van der Waals surface area contributed by atoms with Crippen LogP contribution < -0.4 is 4.90 Å². The van der Waals surface area contributed by atoms with Crippen LogP contribution >= 0.6 is 11.3 Å². The van der Waals surface area contributed by atoms with Crippen molar-refractivity contribution in [2.24, 2.45) is 0 Å². The summed E-state index contributed by atoms with van der Waals surface area (Å²) >= 11 is 1.40. The largest absolute Gasteiger partial charge is 0.387 e. The molecule has 23 heavy (non-hydrogen) atoms. The average Bonchev–Trinajstić information content (AvgIpc) is 3.06. The van der Waals surface area contributed by atoms with Crippen molar-refractivity contribution in [3.8, 4) is 10.7 Å². The van der Waals surface area contributed by atoms with Crippen molar-refractivity contribution in [1.29, 1.82) is 0 Å². The molecule has 0 saturated carbocycles. The van der Waals surface area contributed by atoms with Crippen LogP contribution in [0.1, 0.15) is 11.7 Å². The first-order valence-corrected chi connectivity index (χ1v) is 7.84. The first kappa shape index (κ1) is 15.5. The second-order valence-electron chi connectivity index (χ2n) is 5.05. The van der Waals surface area contributed by atoms with E-state index in [-0.39, 0.29) is 5.82 Å². The second kappa shape index (κ2) is 6.80. The Morgan fingerprint density at radius 3 is 2.65 bits per heavy atom. The van der Waals surface area contributed by atoms with Gasteiger partial charge in [-0.15, -0.1) is 10.2 Å². The first-order chi connectivity index (χ1) is 11.1. The van der Waals surface area contributed by atoms with Crippen molar-refractivity contribution in [1.82, 2.24) is 15.2 Å². The minimum atomic E-state index is -0.734. The molecule has 2 heterocycles. The molecule has 0 aliphatic carbocycles. The zero-order chi connectivity index (χ0) is 16.2. The molecule has 0 fully saturated rings. The number of rotatable bonds is 5. The van der Waals surface area contributed by atoms with Gasteiger partial charge in [-0.25, -0.2) is 4.39 Å². The van der Waals surface area contributed by atoms with E-state index in [1.807, 2.05) is 30.1 Å². The SMILES string of the molecule is CN(CC(O)c1ccc(F)cc1)c1nnc(-c2ccccn2)s1. The lowest BCUT2D eigenvalue weighted by Gasteiger charge is -2.19. The number of anilines is 1. The molecule has 5 nitrogen and oxygen atoms in total. The first-order valence-electron chi connectivity index (χ1n) is 7.03. The Morgan fingerprint density at radius 2 is 1.96 bits per heavy atom. The van der Waals surface area contributed by atoms with Gasteiger partial charge in [-0.3, -0.25) is 4.98 Å². The number of likely N-dealkylation sites (N-methyl/N-ethyl adjacent to an activating group) is 1. The second-order valence-corrected chi connectivity index (χ2v) is 6.01. The third-order valence-corrected chi connectivity index (χ3v) is 4.39. The Balaban J connectivity index is 1.70. The third kappa shape index (κ3) is 3.69. The lowest BCUT2D eigenvalue weighted by molar-refractivity contribution is 0.185. The summed E-state index contributed by atoms with van der Waals surface area (Å²) in [5.74, 6) is -0.321. The number of nitrogens with zero attached hydrogens (tertiary/aromatic N) is 4. The summed E-state index contributed by atoms with van der Waals surface area (Å²) in [6.45, 7) is 0.336. The number of benzene rings is 1. The zero-order valence-electron chi connectivity index (χ0n) is 12.4. The molecule has 118 valence electrons. The van der Waals surface area contributed by atoms with Gasteiger partial charge in [-0.2, -0.15) is 0 Å². The van der Waals surface area contributed by atoms with E-state index < -0.39 is 6.10 Å². The van der Waals surface area contributed by atoms with E-state index in [1.165, 1.54) is 23.5 Å². The van der Waals surface area contributed by atoms with Gasteiger partial charge in [0.15, 0.2) is 5.01 Å². The molecule has 0 aliphatic rings. The van der Waals surface area contributed by atoms with Crippen LogP contribution in [-0.4, -0.2) is 33.9 Å². The maximum Gasteiger partial charge on any atom is 0.208 e. The fourth-order valence-electron chi connectivity index (χ4n) is 2.09. The Kier molecular flexibility index (Phi) is 4.59. The number of aliphatic hydroxyl groups is 1. The van der Waals surface area contributed by atoms with Crippen LogP contribution in [0.15, 0.2) is 48.7 Å². The Bertz CT molecular complexity index is 763. The summed E-state index contributed by atoms with van der Waals surface area (Å²) in [6, 6.07) is 11.4. The number of halogens is 1. The van der Waals surface area contributed by atoms with Crippen LogP contribution in [0.25, 0.3) is 10.7 Å². The number of aliphatic hydroxyl groups excluding tert-OH is 1. The van der Waals surface area contributed by atoms with Gasteiger partial charge in [0.25, 0.3) is 0 Å². The quantitative estimate of drug-likeness (QED) is 0.779. The number of pyridine rings is 1. The van der Waals surface area contributed by atoms with E-state index >= 15 is 0 Å². The van der Waals surface area contributed by atoms with E-state index in [1.54, 1.807) is 18.3 Å². The van der Waals surface area contributed by atoms with E-state index in [0.717, 1.165) is 10.7 Å². The molecule has 0 bridgehead atoms. The van der Waals surface area contributed by atoms with Crippen LogP contribution in [0.2, 0.25) is 0 Å². The maximum atomic E-state index is 12.9. The van der Waals surface area contributed by atoms with Crippen molar-refractivity contribution in [2.45, 2.75) is 6.10 Å². The molecule has 0 radical (unpaired) electrons. The Morgan fingerprint density at radius 1 is 1.17 bits per heavy atom. The summed E-state index contributed by atoms with van der Waals surface area (Å²) in [6.07, 6.45) is 0.973. The van der Waals surface area contributed by atoms with Crippen molar-refractivity contribution < 1.29 is 9.50 Å². The van der Waals surface area contributed by atoms with Gasteiger partial charge in [0.2, 0.25) is 5.13 Å².